The Hall–Kier alpha value is -1.55. The molecule has 2 rings (SSSR count). The van der Waals surface area contributed by atoms with Gasteiger partial charge in [0.05, 0.1) is 6.54 Å². The van der Waals surface area contributed by atoms with Gasteiger partial charge >= 0.3 is 6.09 Å². The number of amides is 1. The van der Waals surface area contributed by atoms with Crippen molar-refractivity contribution in [3.8, 4) is 0 Å². The van der Waals surface area contributed by atoms with Crippen molar-refractivity contribution < 1.29 is 9.53 Å². The SMILES string of the molecule is Cc1cccc(N2CC(CN)OC2=O)c1. The zero-order valence-corrected chi connectivity index (χ0v) is 8.64. The van der Waals surface area contributed by atoms with E-state index in [-0.39, 0.29) is 12.2 Å². The zero-order chi connectivity index (χ0) is 10.8. The number of ether oxygens (including phenoxy) is 1. The molecular formula is C11H14N2O2. The summed E-state index contributed by atoms with van der Waals surface area (Å²) in [5, 5.41) is 0. The summed E-state index contributed by atoms with van der Waals surface area (Å²) in [5.41, 5.74) is 7.46. The molecule has 1 amide bonds. The zero-order valence-electron chi connectivity index (χ0n) is 8.64. The average Bonchev–Trinajstić information content (AvgIpc) is 2.60. The number of rotatable bonds is 2. The Morgan fingerprint density at radius 3 is 3.00 bits per heavy atom. The number of nitrogens with two attached hydrogens (primary N) is 1. The Morgan fingerprint density at radius 2 is 2.40 bits per heavy atom. The van der Waals surface area contributed by atoms with E-state index in [2.05, 4.69) is 0 Å². The molecule has 0 aromatic heterocycles. The summed E-state index contributed by atoms with van der Waals surface area (Å²) in [6, 6.07) is 7.77. The second kappa shape index (κ2) is 3.90. The minimum atomic E-state index is -0.309. The van der Waals surface area contributed by atoms with Crippen LogP contribution in [0.2, 0.25) is 0 Å². The van der Waals surface area contributed by atoms with Crippen molar-refractivity contribution in [1.29, 1.82) is 0 Å². The first-order valence-electron chi connectivity index (χ1n) is 4.95. The number of aryl methyl sites for hydroxylation is 1. The van der Waals surface area contributed by atoms with Crippen LogP contribution in [0.3, 0.4) is 0 Å². The molecule has 80 valence electrons. The monoisotopic (exact) mass is 206 g/mol. The predicted molar refractivity (Wildman–Crippen MR) is 57.8 cm³/mol. The van der Waals surface area contributed by atoms with Crippen LogP contribution in [0.25, 0.3) is 0 Å². The van der Waals surface area contributed by atoms with Crippen molar-refractivity contribution in [2.45, 2.75) is 13.0 Å². The molecule has 1 atom stereocenters. The van der Waals surface area contributed by atoms with Gasteiger partial charge in [-0.05, 0) is 24.6 Å². The lowest BCUT2D eigenvalue weighted by molar-refractivity contribution is 0.145. The molecule has 1 aromatic carbocycles. The molecule has 0 saturated carbocycles. The van der Waals surface area contributed by atoms with E-state index in [9.17, 15) is 4.79 Å². The maximum absolute atomic E-state index is 11.5. The Morgan fingerprint density at radius 1 is 1.60 bits per heavy atom. The second-order valence-electron chi connectivity index (χ2n) is 3.69. The van der Waals surface area contributed by atoms with Gasteiger partial charge in [-0.2, -0.15) is 0 Å². The molecule has 4 heteroatoms. The number of cyclic esters (lactones) is 1. The third-order valence-electron chi connectivity index (χ3n) is 2.45. The first-order chi connectivity index (χ1) is 7.20. The van der Waals surface area contributed by atoms with E-state index >= 15 is 0 Å². The van der Waals surface area contributed by atoms with Crippen LogP contribution in [-0.2, 0) is 4.74 Å². The highest BCUT2D eigenvalue weighted by Crippen LogP contribution is 2.21. The number of carbonyl (C=O) groups excluding carboxylic acids is 1. The van der Waals surface area contributed by atoms with Crippen molar-refractivity contribution >= 4 is 11.8 Å². The molecule has 0 aliphatic carbocycles. The van der Waals surface area contributed by atoms with Crippen LogP contribution >= 0.6 is 0 Å². The lowest BCUT2D eigenvalue weighted by Gasteiger charge is -2.13. The number of anilines is 1. The summed E-state index contributed by atoms with van der Waals surface area (Å²) >= 11 is 0. The van der Waals surface area contributed by atoms with Gasteiger partial charge in [0.1, 0.15) is 6.10 Å². The van der Waals surface area contributed by atoms with E-state index in [1.165, 1.54) is 0 Å². The Bertz CT molecular complexity index is 379. The first kappa shape index (κ1) is 9.98. The fourth-order valence-corrected chi connectivity index (χ4v) is 1.65. The molecule has 2 N–H and O–H groups in total. The smallest absolute Gasteiger partial charge is 0.414 e. The minimum absolute atomic E-state index is 0.182. The highest BCUT2D eigenvalue weighted by molar-refractivity contribution is 5.89. The van der Waals surface area contributed by atoms with E-state index in [0.717, 1.165) is 11.3 Å². The molecular weight excluding hydrogens is 192 g/mol. The Balaban J connectivity index is 2.21. The van der Waals surface area contributed by atoms with Crippen LogP contribution in [-0.4, -0.2) is 25.3 Å². The Kier molecular flexibility index (Phi) is 2.60. The largest absolute Gasteiger partial charge is 0.443 e. The fourth-order valence-electron chi connectivity index (χ4n) is 1.65. The highest BCUT2D eigenvalue weighted by atomic mass is 16.6. The Labute approximate surface area is 88.6 Å². The molecule has 1 unspecified atom stereocenters. The number of benzene rings is 1. The van der Waals surface area contributed by atoms with E-state index < -0.39 is 0 Å². The number of carbonyl (C=O) groups is 1. The summed E-state index contributed by atoms with van der Waals surface area (Å²) < 4.78 is 5.08. The molecule has 0 spiro atoms. The molecule has 1 aromatic rings. The van der Waals surface area contributed by atoms with E-state index in [4.69, 9.17) is 10.5 Å². The molecule has 1 saturated heterocycles. The molecule has 0 radical (unpaired) electrons. The van der Waals surface area contributed by atoms with E-state index in [1.807, 2.05) is 31.2 Å². The molecule has 15 heavy (non-hydrogen) atoms. The number of hydrogen-bond acceptors (Lipinski definition) is 3. The highest BCUT2D eigenvalue weighted by Gasteiger charge is 2.31. The minimum Gasteiger partial charge on any atom is -0.443 e. The number of nitrogens with zero attached hydrogens (tertiary/aromatic N) is 1. The van der Waals surface area contributed by atoms with Gasteiger partial charge in [0.15, 0.2) is 0 Å². The maximum Gasteiger partial charge on any atom is 0.414 e. The summed E-state index contributed by atoms with van der Waals surface area (Å²) in [4.78, 5) is 13.1. The van der Waals surface area contributed by atoms with Crippen molar-refractivity contribution in [2.24, 2.45) is 5.73 Å². The topological polar surface area (TPSA) is 55.6 Å². The van der Waals surface area contributed by atoms with Crippen molar-refractivity contribution in [1.82, 2.24) is 0 Å². The fraction of sp³-hybridized carbons (Fsp3) is 0.364. The predicted octanol–water partition coefficient (Wildman–Crippen LogP) is 1.28. The van der Waals surface area contributed by atoms with E-state index in [0.29, 0.717) is 13.1 Å². The third-order valence-corrected chi connectivity index (χ3v) is 2.45. The quantitative estimate of drug-likeness (QED) is 0.793. The number of hydrogen-bond donors (Lipinski definition) is 1. The van der Waals surface area contributed by atoms with Gasteiger partial charge in [0.25, 0.3) is 0 Å². The molecule has 0 bridgehead atoms. The van der Waals surface area contributed by atoms with Crippen LogP contribution in [0.4, 0.5) is 10.5 Å². The standard InChI is InChI=1S/C11H14N2O2/c1-8-3-2-4-9(5-8)13-7-10(6-12)15-11(13)14/h2-5,10H,6-7,12H2,1H3. The van der Waals surface area contributed by atoms with Crippen molar-refractivity contribution in [3.63, 3.8) is 0 Å². The summed E-state index contributed by atoms with van der Waals surface area (Å²) in [6.07, 6.45) is -0.492. The first-order valence-corrected chi connectivity index (χ1v) is 4.95. The van der Waals surface area contributed by atoms with E-state index in [1.54, 1.807) is 4.90 Å². The van der Waals surface area contributed by atoms with Gasteiger partial charge in [-0.25, -0.2) is 4.79 Å². The summed E-state index contributed by atoms with van der Waals surface area (Å²) in [7, 11) is 0. The molecule has 4 nitrogen and oxygen atoms in total. The van der Waals surface area contributed by atoms with Gasteiger partial charge in [-0.15, -0.1) is 0 Å². The molecule has 1 aliphatic rings. The van der Waals surface area contributed by atoms with Crippen LogP contribution < -0.4 is 10.6 Å². The van der Waals surface area contributed by atoms with Crippen LogP contribution in [0.1, 0.15) is 5.56 Å². The van der Waals surface area contributed by atoms with Crippen molar-refractivity contribution in [2.75, 3.05) is 18.0 Å². The second-order valence-corrected chi connectivity index (χ2v) is 3.69. The van der Waals surface area contributed by atoms with Gasteiger partial charge in [0.2, 0.25) is 0 Å². The van der Waals surface area contributed by atoms with Crippen LogP contribution in [0, 0.1) is 6.92 Å². The maximum atomic E-state index is 11.5. The van der Waals surface area contributed by atoms with Gasteiger partial charge < -0.3 is 10.5 Å². The van der Waals surface area contributed by atoms with Gasteiger partial charge in [-0.1, -0.05) is 12.1 Å². The molecule has 1 aliphatic heterocycles. The summed E-state index contributed by atoms with van der Waals surface area (Å²) in [5.74, 6) is 0. The third kappa shape index (κ3) is 1.94. The summed E-state index contributed by atoms with van der Waals surface area (Å²) in [6.45, 7) is 2.90. The normalized spacial score (nSPS) is 20.5. The van der Waals surface area contributed by atoms with Gasteiger partial charge in [0, 0.05) is 12.2 Å². The van der Waals surface area contributed by atoms with Gasteiger partial charge in [-0.3, -0.25) is 4.90 Å². The lowest BCUT2D eigenvalue weighted by atomic mass is 10.2. The molecule has 1 heterocycles. The lowest BCUT2D eigenvalue weighted by Crippen LogP contribution is -2.27. The molecule has 1 fully saturated rings. The van der Waals surface area contributed by atoms with Crippen LogP contribution in [0.5, 0.6) is 0 Å². The van der Waals surface area contributed by atoms with Crippen molar-refractivity contribution in [3.05, 3.63) is 29.8 Å². The van der Waals surface area contributed by atoms with Crippen LogP contribution in [0.15, 0.2) is 24.3 Å². The average molecular weight is 206 g/mol.